The van der Waals surface area contributed by atoms with Crippen molar-refractivity contribution in [2.75, 3.05) is 13.2 Å². The van der Waals surface area contributed by atoms with E-state index in [0.29, 0.717) is 35.6 Å². The van der Waals surface area contributed by atoms with Gasteiger partial charge in [0, 0.05) is 24.1 Å². The van der Waals surface area contributed by atoms with Crippen LogP contribution in [-0.2, 0) is 6.54 Å². The van der Waals surface area contributed by atoms with Crippen LogP contribution >= 0.6 is 23.2 Å². The normalized spacial score (nSPS) is 10.4. The molecule has 2 aromatic rings. The summed E-state index contributed by atoms with van der Waals surface area (Å²) in [7, 11) is 0. The second kappa shape index (κ2) is 8.13. The van der Waals surface area contributed by atoms with Crippen LogP contribution in [0.3, 0.4) is 0 Å². The first-order valence-corrected chi connectivity index (χ1v) is 7.44. The number of ether oxygens (including phenoxy) is 2. The van der Waals surface area contributed by atoms with Gasteiger partial charge in [-0.3, -0.25) is 0 Å². The van der Waals surface area contributed by atoms with Gasteiger partial charge in [-0.2, -0.15) is 0 Å². The quantitative estimate of drug-likeness (QED) is 0.772. The van der Waals surface area contributed by atoms with E-state index in [4.69, 9.17) is 38.4 Å². The molecular weight excluding hydrogens is 309 g/mol. The van der Waals surface area contributed by atoms with Gasteiger partial charge in [-0.05, 0) is 29.8 Å². The molecule has 21 heavy (non-hydrogen) atoms. The van der Waals surface area contributed by atoms with Crippen LogP contribution in [0.2, 0.25) is 10.0 Å². The first-order valence-electron chi connectivity index (χ1n) is 6.68. The van der Waals surface area contributed by atoms with Gasteiger partial charge in [-0.15, -0.1) is 0 Å². The van der Waals surface area contributed by atoms with Crippen LogP contribution in [0.4, 0.5) is 0 Å². The maximum atomic E-state index is 6.01. The fourth-order valence-corrected chi connectivity index (χ4v) is 2.12. The summed E-state index contributed by atoms with van der Waals surface area (Å²) in [5.74, 6) is 1.41. The third kappa shape index (κ3) is 5.12. The average Bonchev–Trinajstić information content (AvgIpc) is 2.50. The van der Waals surface area contributed by atoms with Crippen LogP contribution in [-0.4, -0.2) is 13.2 Å². The van der Waals surface area contributed by atoms with E-state index in [-0.39, 0.29) is 0 Å². The molecule has 0 atom stereocenters. The lowest BCUT2D eigenvalue weighted by molar-refractivity contribution is 0.247. The maximum absolute atomic E-state index is 6.01. The van der Waals surface area contributed by atoms with Gasteiger partial charge in [0.05, 0.1) is 18.2 Å². The Hall–Kier alpha value is -1.42. The number of hydrogen-bond acceptors (Lipinski definition) is 3. The fraction of sp³-hybridized carbons (Fsp3) is 0.250. The molecule has 0 aliphatic rings. The number of nitrogens with two attached hydrogens (primary N) is 1. The molecule has 3 nitrogen and oxygen atoms in total. The lowest BCUT2D eigenvalue weighted by Gasteiger charge is -2.10. The maximum Gasteiger partial charge on any atom is 0.139 e. The monoisotopic (exact) mass is 325 g/mol. The summed E-state index contributed by atoms with van der Waals surface area (Å²) in [4.78, 5) is 0. The zero-order chi connectivity index (χ0) is 15.1. The summed E-state index contributed by atoms with van der Waals surface area (Å²) in [6, 6.07) is 12.9. The second-order valence-electron chi connectivity index (χ2n) is 4.48. The topological polar surface area (TPSA) is 44.5 Å². The van der Waals surface area contributed by atoms with Crippen LogP contribution in [0.25, 0.3) is 0 Å². The van der Waals surface area contributed by atoms with Gasteiger partial charge < -0.3 is 15.2 Å². The van der Waals surface area contributed by atoms with Crippen LogP contribution in [0, 0.1) is 0 Å². The van der Waals surface area contributed by atoms with Crippen molar-refractivity contribution in [3.8, 4) is 11.5 Å². The highest BCUT2D eigenvalue weighted by molar-refractivity contribution is 6.34. The smallest absolute Gasteiger partial charge is 0.139 e. The van der Waals surface area contributed by atoms with E-state index in [1.54, 1.807) is 18.2 Å². The largest absolute Gasteiger partial charge is 0.493 e. The van der Waals surface area contributed by atoms with E-state index >= 15 is 0 Å². The zero-order valence-electron chi connectivity index (χ0n) is 11.5. The Morgan fingerprint density at radius 2 is 1.76 bits per heavy atom. The van der Waals surface area contributed by atoms with Crippen molar-refractivity contribution < 1.29 is 9.47 Å². The summed E-state index contributed by atoms with van der Waals surface area (Å²) >= 11 is 11.9. The van der Waals surface area contributed by atoms with E-state index < -0.39 is 0 Å². The van der Waals surface area contributed by atoms with Gasteiger partial charge >= 0.3 is 0 Å². The summed E-state index contributed by atoms with van der Waals surface area (Å²) in [6.07, 6.45) is 0.746. The molecule has 2 aromatic carbocycles. The summed E-state index contributed by atoms with van der Waals surface area (Å²) in [6.45, 7) is 1.58. The van der Waals surface area contributed by atoms with E-state index in [9.17, 15) is 0 Å². The molecule has 0 radical (unpaired) electrons. The van der Waals surface area contributed by atoms with Crippen molar-refractivity contribution in [1.29, 1.82) is 0 Å². The first kappa shape index (κ1) is 16.0. The molecule has 0 heterocycles. The highest BCUT2D eigenvalue weighted by Crippen LogP contribution is 2.27. The molecule has 0 amide bonds. The summed E-state index contributed by atoms with van der Waals surface area (Å²) in [5.41, 5.74) is 6.64. The van der Waals surface area contributed by atoms with Gasteiger partial charge in [-0.1, -0.05) is 35.3 Å². The third-order valence-corrected chi connectivity index (χ3v) is 3.39. The minimum Gasteiger partial charge on any atom is -0.493 e. The Kier molecular flexibility index (Phi) is 6.18. The molecule has 0 bridgehead atoms. The third-order valence-electron chi connectivity index (χ3n) is 2.84. The predicted molar refractivity (Wildman–Crippen MR) is 86.4 cm³/mol. The number of benzene rings is 2. The van der Waals surface area contributed by atoms with Crippen LogP contribution in [0.5, 0.6) is 11.5 Å². The number of halogens is 2. The second-order valence-corrected chi connectivity index (χ2v) is 5.32. The Bertz CT molecular complexity index is 590. The Morgan fingerprint density at radius 3 is 2.57 bits per heavy atom. The molecule has 0 saturated carbocycles. The molecular formula is C16H17Cl2NO2. The molecule has 0 saturated heterocycles. The Labute approximate surface area is 134 Å². The van der Waals surface area contributed by atoms with Crippen molar-refractivity contribution in [3.63, 3.8) is 0 Å². The van der Waals surface area contributed by atoms with Gasteiger partial charge in [0.2, 0.25) is 0 Å². The number of hydrogen-bond donors (Lipinski definition) is 1. The van der Waals surface area contributed by atoms with Crippen molar-refractivity contribution in [2.24, 2.45) is 5.73 Å². The molecule has 0 aromatic heterocycles. The fourth-order valence-electron chi connectivity index (χ4n) is 1.78. The van der Waals surface area contributed by atoms with E-state index in [1.165, 1.54) is 0 Å². The van der Waals surface area contributed by atoms with E-state index in [2.05, 4.69) is 0 Å². The van der Waals surface area contributed by atoms with E-state index in [0.717, 1.165) is 17.7 Å². The molecule has 0 fully saturated rings. The molecule has 0 aliphatic heterocycles. The minimum atomic E-state index is 0.508. The lowest BCUT2D eigenvalue weighted by atomic mass is 10.2. The summed E-state index contributed by atoms with van der Waals surface area (Å²) < 4.78 is 11.2. The predicted octanol–water partition coefficient (Wildman–Crippen LogP) is 4.30. The molecule has 0 spiro atoms. The van der Waals surface area contributed by atoms with Gasteiger partial charge in [0.25, 0.3) is 0 Å². The molecule has 2 N–H and O–H groups in total. The zero-order valence-corrected chi connectivity index (χ0v) is 13.0. The molecule has 112 valence electrons. The Balaban J connectivity index is 1.73. The standard InChI is InChI=1S/C16H17Cl2NO2/c17-13-5-6-15(18)16(10-13)21-8-2-7-20-14-4-1-3-12(9-14)11-19/h1,3-6,9-10H,2,7-8,11,19H2. The highest BCUT2D eigenvalue weighted by Gasteiger charge is 2.02. The first-order chi connectivity index (χ1) is 10.2. The van der Waals surface area contributed by atoms with Crippen molar-refractivity contribution >= 4 is 23.2 Å². The van der Waals surface area contributed by atoms with Crippen LogP contribution in [0.1, 0.15) is 12.0 Å². The highest BCUT2D eigenvalue weighted by atomic mass is 35.5. The SMILES string of the molecule is NCc1cccc(OCCCOc2cc(Cl)ccc2Cl)c1. The molecule has 5 heteroatoms. The van der Waals surface area contributed by atoms with Gasteiger partial charge in [0.1, 0.15) is 11.5 Å². The molecule has 2 rings (SSSR count). The van der Waals surface area contributed by atoms with Crippen molar-refractivity contribution in [2.45, 2.75) is 13.0 Å². The Morgan fingerprint density at radius 1 is 0.952 bits per heavy atom. The minimum absolute atomic E-state index is 0.508. The van der Waals surface area contributed by atoms with Gasteiger partial charge in [-0.25, -0.2) is 0 Å². The van der Waals surface area contributed by atoms with E-state index in [1.807, 2.05) is 24.3 Å². The number of rotatable bonds is 7. The van der Waals surface area contributed by atoms with Gasteiger partial charge in [0.15, 0.2) is 0 Å². The summed E-state index contributed by atoms with van der Waals surface area (Å²) in [5, 5.41) is 1.15. The molecule has 0 unspecified atom stereocenters. The van der Waals surface area contributed by atoms with Crippen molar-refractivity contribution in [1.82, 2.24) is 0 Å². The van der Waals surface area contributed by atoms with Crippen LogP contribution < -0.4 is 15.2 Å². The lowest BCUT2D eigenvalue weighted by Crippen LogP contribution is -2.05. The van der Waals surface area contributed by atoms with Crippen LogP contribution in [0.15, 0.2) is 42.5 Å². The molecule has 0 aliphatic carbocycles. The average molecular weight is 326 g/mol. The van der Waals surface area contributed by atoms with Crippen molar-refractivity contribution in [3.05, 3.63) is 58.1 Å².